The molecule has 4 rings (SSSR count). The number of likely N-dealkylation sites (N-methyl/N-ethyl adjacent to an activating group) is 1. The molecule has 32 heavy (non-hydrogen) atoms. The molecule has 0 saturated heterocycles. The van der Waals surface area contributed by atoms with E-state index in [2.05, 4.69) is 56.3 Å². The first-order valence-corrected chi connectivity index (χ1v) is 10.5. The number of non-ortho nitro benzene ring substituents is 1. The molecule has 0 radical (unpaired) electrons. The monoisotopic (exact) mass is 452 g/mol. The molecule has 3 aromatic rings. The molecular formula is C26H29ClN2O3. The van der Waals surface area contributed by atoms with E-state index in [1.165, 1.54) is 22.8 Å². The van der Waals surface area contributed by atoms with Gasteiger partial charge in [0.1, 0.15) is 5.60 Å². The molecule has 0 fully saturated rings. The molecule has 3 aromatic carbocycles. The van der Waals surface area contributed by atoms with E-state index in [0.29, 0.717) is 6.04 Å². The van der Waals surface area contributed by atoms with Crippen molar-refractivity contribution in [3.63, 3.8) is 0 Å². The Balaban J connectivity index is 0.00000289. The van der Waals surface area contributed by atoms with E-state index < -0.39 is 0 Å². The first kappa shape index (κ1) is 23.9. The van der Waals surface area contributed by atoms with Crippen LogP contribution in [0, 0.1) is 10.1 Å². The predicted octanol–water partition coefficient (Wildman–Crippen LogP) is 6.09. The number of benzene rings is 3. The van der Waals surface area contributed by atoms with Crippen molar-refractivity contribution >= 4 is 18.1 Å². The van der Waals surface area contributed by atoms with Crippen molar-refractivity contribution in [3.8, 4) is 22.3 Å². The van der Waals surface area contributed by atoms with Gasteiger partial charge in [0.2, 0.25) is 0 Å². The minimum absolute atomic E-state index is 0. The minimum atomic E-state index is -0.361. The van der Waals surface area contributed by atoms with Crippen LogP contribution in [0.3, 0.4) is 0 Å². The van der Waals surface area contributed by atoms with E-state index in [0.717, 1.165) is 29.5 Å². The van der Waals surface area contributed by atoms with E-state index in [9.17, 15) is 10.1 Å². The fourth-order valence-corrected chi connectivity index (χ4v) is 4.86. The average Bonchev–Trinajstić information content (AvgIpc) is 2.79. The molecule has 0 heterocycles. The summed E-state index contributed by atoms with van der Waals surface area (Å²) in [5.41, 5.74) is 6.48. The van der Waals surface area contributed by atoms with Crippen LogP contribution in [0.25, 0.3) is 22.3 Å². The van der Waals surface area contributed by atoms with Crippen LogP contribution in [-0.2, 0) is 16.8 Å². The van der Waals surface area contributed by atoms with E-state index in [1.807, 2.05) is 18.2 Å². The third-order valence-electron chi connectivity index (χ3n) is 6.62. The van der Waals surface area contributed by atoms with Crippen LogP contribution in [0.1, 0.15) is 24.5 Å². The molecule has 1 aliphatic rings. The number of rotatable bonds is 5. The number of halogens is 1. The molecule has 1 aliphatic carbocycles. The summed E-state index contributed by atoms with van der Waals surface area (Å²) in [5, 5.41) is 11.1. The highest BCUT2D eigenvalue weighted by molar-refractivity contribution is 5.85. The van der Waals surface area contributed by atoms with Gasteiger partial charge >= 0.3 is 0 Å². The van der Waals surface area contributed by atoms with Gasteiger partial charge in [0.15, 0.2) is 0 Å². The fraction of sp³-hybridized carbons (Fsp3) is 0.308. The highest BCUT2D eigenvalue weighted by Crippen LogP contribution is 2.41. The van der Waals surface area contributed by atoms with Crippen molar-refractivity contribution in [3.05, 3.63) is 88.0 Å². The number of methoxy groups -OCH3 is 1. The van der Waals surface area contributed by atoms with Gasteiger partial charge in [-0.1, -0.05) is 54.6 Å². The lowest BCUT2D eigenvalue weighted by molar-refractivity contribution is -0.384. The van der Waals surface area contributed by atoms with Gasteiger partial charge in [0, 0.05) is 25.3 Å². The Morgan fingerprint density at radius 1 is 0.969 bits per heavy atom. The zero-order valence-electron chi connectivity index (χ0n) is 18.9. The van der Waals surface area contributed by atoms with Crippen LogP contribution in [0.5, 0.6) is 0 Å². The van der Waals surface area contributed by atoms with Gasteiger partial charge in [-0.2, -0.15) is 0 Å². The molecule has 5 nitrogen and oxygen atoms in total. The second-order valence-corrected chi connectivity index (χ2v) is 8.59. The van der Waals surface area contributed by atoms with Gasteiger partial charge in [-0.3, -0.25) is 10.1 Å². The Labute approximate surface area is 195 Å². The van der Waals surface area contributed by atoms with E-state index >= 15 is 0 Å². The van der Waals surface area contributed by atoms with Crippen LogP contribution >= 0.6 is 12.4 Å². The third kappa shape index (κ3) is 4.29. The number of nitro benzene ring substituents is 1. The molecular weight excluding hydrogens is 424 g/mol. The smallest absolute Gasteiger partial charge is 0.270 e. The lowest BCUT2D eigenvalue weighted by atomic mass is 9.75. The Bertz CT molecular complexity index is 1110. The van der Waals surface area contributed by atoms with Crippen molar-refractivity contribution in [1.29, 1.82) is 0 Å². The second-order valence-electron chi connectivity index (χ2n) is 8.59. The van der Waals surface area contributed by atoms with Crippen LogP contribution < -0.4 is 0 Å². The summed E-state index contributed by atoms with van der Waals surface area (Å²) in [6.45, 7) is 2.18. The highest BCUT2D eigenvalue weighted by atomic mass is 35.5. The summed E-state index contributed by atoms with van der Waals surface area (Å²) >= 11 is 0. The van der Waals surface area contributed by atoms with Gasteiger partial charge in [0.25, 0.3) is 5.69 Å². The summed E-state index contributed by atoms with van der Waals surface area (Å²) in [5.74, 6) is 0. The number of hydrogen-bond acceptors (Lipinski definition) is 4. The summed E-state index contributed by atoms with van der Waals surface area (Å²) in [4.78, 5) is 13.0. The molecule has 0 aromatic heterocycles. The topological polar surface area (TPSA) is 55.6 Å². The quantitative estimate of drug-likeness (QED) is 0.347. The van der Waals surface area contributed by atoms with Crippen molar-refractivity contribution < 1.29 is 9.66 Å². The van der Waals surface area contributed by atoms with Crippen molar-refractivity contribution in [1.82, 2.24) is 4.90 Å². The predicted molar refractivity (Wildman–Crippen MR) is 131 cm³/mol. The third-order valence-corrected chi connectivity index (χ3v) is 6.62. The SMILES string of the molecule is COC1(C)c2ccc(-c3ccc(-c4cccc([N+](=O)[O-])c4)cc3)cc2CCC1N(C)C.Cl. The van der Waals surface area contributed by atoms with E-state index in [1.54, 1.807) is 19.2 Å². The molecule has 0 aliphatic heterocycles. The number of nitrogens with zero attached hydrogens (tertiary/aromatic N) is 2. The summed E-state index contributed by atoms with van der Waals surface area (Å²) < 4.78 is 6.03. The zero-order chi connectivity index (χ0) is 22.2. The maximum absolute atomic E-state index is 11.1. The first-order valence-electron chi connectivity index (χ1n) is 10.5. The van der Waals surface area contributed by atoms with Crippen molar-refractivity contribution in [2.45, 2.75) is 31.4 Å². The van der Waals surface area contributed by atoms with Gasteiger partial charge < -0.3 is 9.64 Å². The van der Waals surface area contributed by atoms with E-state index in [-0.39, 0.29) is 28.6 Å². The zero-order valence-corrected chi connectivity index (χ0v) is 19.7. The van der Waals surface area contributed by atoms with Gasteiger partial charge in [-0.25, -0.2) is 0 Å². The van der Waals surface area contributed by atoms with Crippen molar-refractivity contribution in [2.24, 2.45) is 0 Å². The Kier molecular flexibility index (Phi) is 7.03. The van der Waals surface area contributed by atoms with Gasteiger partial charge in [-0.05, 0) is 67.2 Å². The molecule has 0 spiro atoms. The lowest BCUT2D eigenvalue weighted by Gasteiger charge is -2.45. The largest absolute Gasteiger partial charge is 0.372 e. The van der Waals surface area contributed by atoms with Crippen LogP contribution in [0.2, 0.25) is 0 Å². The first-order chi connectivity index (χ1) is 14.8. The molecule has 0 amide bonds. The molecule has 6 heteroatoms. The fourth-order valence-electron chi connectivity index (χ4n) is 4.86. The van der Waals surface area contributed by atoms with Crippen molar-refractivity contribution in [2.75, 3.05) is 21.2 Å². The molecule has 0 saturated carbocycles. The molecule has 2 atom stereocenters. The molecule has 0 N–H and O–H groups in total. The Morgan fingerprint density at radius 2 is 1.56 bits per heavy atom. The van der Waals surface area contributed by atoms with Crippen LogP contribution in [0.15, 0.2) is 66.7 Å². The Morgan fingerprint density at radius 3 is 2.12 bits per heavy atom. The molecule has 168 valence electrons. The lowest BCUT2D eigenvalue weighted by Crippen LogP contribution is -2.50. The summed E-state index contributed by atoms with van der Waals surface area (Å²) in [7, 11) is 6.03. The van der Waals surface area contributed by atoms with Gasteiger partial charge in [0.05, 0.1) is 4.92 Å². The normalized spacial score (nSPS) is 19.8. The summed E-state index contributed by atoms with van der Waals surface area (Å²) in [6, 6.07) is 21.9. The maximum atomic E-state index is 11.1. The second kappa shape index (κ2) is 9.41. The molecule has 0 bridgehead atoms. The number of aryl methyl sites for hydroxylation is 1. The van der Waals surface area contributed by atoms with Crippen LogP contribution in [-0.4, -0.2) is 37.1 Å². The maximum Gasteiger partial charge on any atom is 0.270 e. The number of ether oxygens (including phenoxy) is 1. The highest BCUT2D eigenvalue weighted by Gasteiger charge is 2.41. The van der Waals surface area contributed by atoms with Gasteiger partial charge in [-0.15, -0.1) is 12.4 Å². The van der Waals surface area contributed by atoms with Crippen LogP contribution in [0.4, 0.5) is 5.69 Å². The average molecular weight is 453 g/mol. The summed E-state index contributed by atoms with van der Waals surface area (Å²) in [6.07, 6.45) is 2.08. The number of hydrogen-bond donors (Lipinski definition) is 0. The minimum Gasteiger partial charge on any atom is -0.372 e. The Hall–Kier alpha value is -2.73. The standard InChI is InChI=1S/C26H28N2O3.ClH/c1-26(31-4)24-14-12-21(16-22(24)13-15-25(26)27(2)3)19-10-8-18(9-11-19)20-6-5-7-23(17-20)28(29)30;/h5-12,14,16-17,25H,13,15H2,1-4H3;1H. The van der Waals surface area contributed by atoms with E-state index in [4.69, 9.17) is 4.74 Å². The number of fused-ring (bicyclic) bond motifs is 1. The molecule has 2 unspecified atom stereocenters. The number of nitro groups is 1.